The Balaban J connectivity index is 1.74. The highest BCUT2D eigenvalue weighted by atomic mass is 32.2. The van der Waals surface area contributed by atoms with Crippen LogP contribution in [0.15, 0.2) is 23.1 Å². The average Bonchev–Trinajstić information content (AvgIpc) is 2.40. The standard InChI is InChI=1S/C16H22FNS/c1-11-4-2-5-12(10-11)18-15-8-9-19-16-13(15)6-3-7-14(16)17/h3,6-7,11-12,15,18H,2,4-5,8-10H2,1H3. The number of thioether (sulfide) groups is 1. The SMILES string of the molecule is CC1CCCC(NC2CCSc3c(F)cccc32)C1. The van der Waals surface area contributed by atoms with Crippen LogP contribution < -0.4 is 5.32 Å². The zero-order valence-electron chi connectivity index (χ0n) is 11.5. The van der Waals surface area contributed by atoms with Gasteiger partial charge in [0.2, 0.25) is 0 Å². The second-order valence-corrected chi connectivity index (χ2v) is 7.09. The summed E-state index contributed by atoms with van der Waals surface area (Å²) in [6, 6.07) is 6.49. The molecule has 1 N–H and O–H groups in total. The van der Waals surface area contributed by atoms with Crippen molar-refractivity contribution in [1.82, 2.24) is 5.32 Å². The van der Waals surface area contributed by atoms with Crippen molar-refractivity contribution in [1.29, 1.82) is 0 Å². The molecular formula is C16H22FNS. The Kier molecular flexibility index (Phi) is 4.13. The average molecular weight is 279 g/mol. The van der Waals surface area contributed by atoms with E-state index in [2.05, 4.69) is 18.3 Å². The Morgan fingerprint density at radius 3 is 3.00 bits per heavy atom. The summed E-state index contributed by atoms with van der Waals surface area (Å²) in [5, 5.41) is 3.79. The molecule has 3 heteroatoms. The molecule has 0 aromatic heterocycles. The molecule has 1 fully saturated rings. The molecule has 3 unspecified atom stereocenters. The van der Waals surface area contributed by atoms with E-state index in [-0.39, 0.29) is 5.82 Å². The lowest BCUT2D eigenvalue weighted by Crippen LogP contribution is -2.37. The Labute approximate surface area is 119 Å². The van der Waals surface area contributed by atoms with Gasteiger partial charge in [-0.15, -0.1) is 11.8 Å². The minimum Gasteiger partial charge on any atom is -0.307 e. The van der Waals surface area contributed by atoms with Crippen LogP contribution in [0.3, 0.4) is 0 Å². The van der Waals surface area contributed by atoms with E-state index >= 15 is 0 Å². The Morgan fingerprint density at radius 1 is 1.26 bits per heavy atom. The van der Waals surface area contributed by atoms with E-state index in [0.29, 0.717) is 12.1 Å². The number of halogens is 1. The summed E-state index contributed by atoms with van der Waals surface area (Å²) in [4.78, 5) is 0.870. The molecule has 1 aliphatic heterocycles. The van der Waals surface area contributed by atoms with Crippen LogP contribution in [0.25, 0.3) is 0 Å². The van der Waals surface area contributed by atoms with Crippen LogP contribution in [0.5, 0.6) is 0 Å². The highest BCUT2D eigenvalue weighted by molar-refractivity contribution is 7.99. The number of nitrogens with one attached hydrogen (secondary N) is 1. The molecule has 1 aliphatic carbocycles. The molecule has 1 nitrogen and oxygen atoms in total. The number of fused-ring (bicyclic) bond motifs is 1. The number of hydrogen-bond acceptors (Lipinski definition) is 2. The highest BCUT2D eigenvalue weighted by Gasteiger charge is 2.27. The van der Waals surface area contributed by atoms with Crippen LogP contribution in [0.1, 0.15) is 50.6 Å². The molecule has 3 rings (SSSR count). The number of benzene rings is 1. The maximum atomic E-state index is 13.8. The summed E-state index contributed by atoms with van der Waals surface area (Å²) in [6.07, 6.45) is 6.36. The third-order valence-electron chi connectivity index (χ3n) is 4.40. The first-order chi connectivity index (χ1) is 9.24. The normalized spacial score (nSPS) is 30.9. The molecule has 1 heterocycles. The van der Waals surface area contributed by atoms with E-state index in [1.165, 1.54) is 31.2 Å². The molecule has 0 saturated heterocycles. The fraction of sp³-hybridized carbons (Fsp3) is 0.625. The zero-order chi connectivity index (χ0) is 13.2. The predicted molar refractivity (Wildman–Crippen MR) is 79.0 cm³/mol. The minimum atomic E-state index is -0.0500. The fourth-order valence-corrected chi connectivity index (χ4v) is 4.57. The zero-order valence-corrected chi connectivity index (χ0v) is 12.3. The Bertz CT molecular complexity index is 448. The smallest absolute Gasteiger partial charge is 0.137 e. The quantitative estimate of drug-likeness (QED) is 0.853. The van der Waals surface area contributed by atoms with Gasteiger partial charge in [-0.25, -0.2) is 4.39 Å². The van der Waals surface area contributed by atoms with Gasteiger partial charge in [-0.2, -0.15) is 0 Å². The second-order valence-electron chi connectivity index (χ2n) is 5.98. The van der Waals surface area contributed by atoms with E-state index in [0.717, 1.165) is 23.0 Å². The van der Waals surface area contributed by atoms with Crippen LogP contribution in [-0.4, -0.2) is 11.8 Å². The van der Waals surface area contributed by atoms with Crippen molar-refractivity contribution in [3.8, 4) is 0 Å². The van der Waals surface area contributed by atoms with Crippen molar-refractivity contribution in [2.75, 3.05) is 5.75 Å². The van der Waals surface area contributed by atoms with Gasteiger partial charge in [-0.05, 0) is 42.6 Å². The van der Waals surface area contributed by atoms with Gasteiger partial charge in [0.05, 0.1) is 0 Å². The van der Waals surface area contributed by atoms with E-state index in [4.69, 9.17) is 0 Å². The van der Waals surface area contributed by atoms with Crippen LogP contribution in [0.4, 0.5) is 4.39 Å². The third kappa shape index (κ3) is 2.97. The first-order valence-electron chi connectivity index (χ1n) is 7.41. The summed E-state index contributed by atoms with van der Waals surface area (Å²) in [6.45, 7) is 2.35. The molecule has 0 radical (unpaired) electrons. The molecule has 1 aromatic rings. The van der Waals surface area contributed by atoms with Crippen molar-refractivity contribution >= 4 is 11.8 Å². The van der Waals surface area contributed by atoms with Gasteiger partial charge in [0, 0.05) is 17.0 Å². The third-order valence-corrected chi connectivity index (χ3v) is 5.56. The summed E-state index contributed by atoms with van der Waals surface area (Å²) in [5.74, 6) is 1.80. The number of rotatable bonds is 2. The summed E-state index contributed by atoms with van der Waals surface area (Å²) < 4.78 is 13.8. The predicted octanol–water partition coefficient (Wildman–Crippen LogP) is 4.53. The first kappa shape index (κ1) is 13.4. The molecule has 1 saturated carbocycles. The summed E-state index contributed by atoms with van der Waals surface area (Å²) in [7, 11) is 0. The number of hydrogen-bond donors (Lipinski definition) is 1. The van der Waals surface area contributed by atoms with E-state index in [9.17, 15) is 4.39 Å². The van der Waals surface area contributed by atoms with Crippen molar-refractivity contribution < 1.29 is 4.39 Å². The second kappa shape index (κ2) is 5.84. The largest absolute Gasteiger partial charge is 0.307 e. The molecule has 104 valence electrons. The Morgan fingerprint density at radius 2 is 2.16 bits per heavy atom. The van der Waals surface area contributed by atoms with Crippen molar-refractivity contribution in [2.45, 2.75) is 56.0 Å². The lowest BCUT2D eigenvalue weighted by molar-refractivity contribution is 0.276. The molecule has 3 atom stereocenters. The van der Waals surface area contributed by atoms with Crippen molar-refractivity contribution in [3.05, 3.63) is 29.6 Å². The first-order valence-corrected chi connectivity index (χ1v) is 8.40. The lowest BCUT2D eigenvalue weighted by Gasteiger charge is -2.34. The summed E-state index contributed by atoms with van der Waals surface area (Å²) in [5.41, 5.74) is 1.18. The molecular weight excluding hydrogens is 257 g/mol. The topological polar surface area (TPSA) is 12.0 Å². The maximum Gasteiger partial charge on any atom is 0.137 e. The van der Waals surface area contributed by atoms with Gasteiger partial charge in [0.25, 0.3) is 0 Å². The molecule has 0 spiro atoms. The van der Waals surface area contributed by atoms with Crippen molar-refractivity contribution in [2.24, 2.45) is 5.92 Å². The van der Waals surface area contributed by atoms with Crippen LogP contribution in [-0.2, 0) is 0 Å². The van der Waals surface area contributed by atoms with Crippen LogP contribution in [0.2, 0.25) is 0 Å². The molecule has 0 bridgehead atoms. The molecule has 2 aliphatic rings. The van der Waals surface area contributed by atoms with Crippen LogP contribution >= 0.6 is 11.8 Å². The van der Waals surface area contributed by atoms with E-state index < -0.39 is 0 Å². The van der Waals surface area contributed by atoms with Gasteiger partial charge in [0.1, 0.15) is 5.82 Å². The summed E-state index contributed by atoms with van der Waals surface area (Å²) >= 11 is 1.67. The monoisotopic (exact) mass is 279 g/mol. The van der Waals surface area contributed by atoms with Gasteiger partial charge < -0.3 is 5.32 Å². The fourth-order valence-electron chi connectivity index (χ4n) is 3.43. The minimum absolute atomic E-state index is 0.0500. The molecule has 1 aromatic carbocycles. The van der Waals surface area contributed by atoms with Gasteiger partial charge >= 0.3 is 0 Å². The lowest BCUT2D eigenvalue weighted by atomic mass is 9.86. The highest BCUT2D eigenvalue weighted by Crippen LogP contribution is 2.38. The maximum absolute atomic E-state index is 13.8. The van der Waals surface area contributed by atoms with Crippen molar-refractivity contribution in [3.63, 3.8) is 0 Å². The van der Waals surface area contributed by atoms with Gasteiger partial charge in [-0.3, -0.25) is 0 Å². The Hall–Kier alpha value is -0.540. The molecule has 0 amide bonds. The molecule has 19 heavy (non-hydrogen) atoms. The van der Waals surface area contributed by atoms with Gasteiger partial charge in [-0.1, -0.05) is 31.9 Å². The van der Waals surface area contributed by atoms with Gasteiger partial charge in [0.15, 0.2) is 0 Å². The van der Waals surface area contributed by atoms with Crippen LogP contribution in [0, 0.1) is 11.7 Å². The van der Waals surface area contributed by atoms with E-state index in [1.807, 2.05) is 6.07 Å². The van der Waals surface area contributed by atoms with E-state index in [1.54, 1.807) is 17.8 Å².